The Kier molecular flexibility index (Phi) is 3.59. The lowest BCUT2D eigenvalue weighted by Crippen LogP contribution is -2.37. The summed E-state index contributed by atoms with van der Waals surface area (Å²) in [5, 5.41) is 9.99. The Morgan fingerprint density at radius 1 is 1.44 bits per heavy atom. The van der Waals surface area contributed by atoms with Crippen molar-refractivity contribution in [2.45, 2.75) is 26.1 Å². The Morgan fingerprint density at radius 3 is 2.75 bits per heavy atom. The van der Waals surface area contributed by atoms with Gasteiger partial charge in [0.05, 0.1) is 19.8 Å². The highest BCUT2D eigenvalue weighted by atomic mass is 16.6. The molecule has 1 aromatic rings. The van der Waals surface area contributed by atoms with Gasteiger partial charge in [-0.3, -0.25) is 0 Å². The van der Waals surface area contributed by atoms with Crippen LogP contribution in [0.1, 0.15) is 22.8 Å². The normalized spacial score (nSPS) is 18.2. The minimum absolute atomic E-state index is 0.167. The van der Waals surface area contributed by atoms with Crippen LogP contribution in [-0.2, 0) is 9.47 Å². The summed E-state index contributed by atoms with van der Waals surface area (Å²) in [6, 6.07) is 6.05. The molecule has 0 aromatic heterocycles. The number of aryl methyl sites for hydroxylation is 2. The van der Waals surface area contributed by atoms with Crippen molar-refractivity contribution in [2.24, 2.45) is 0 Å². The van der Waals surface area contributed by atoms with Gasteiger partial charge in [-0.2, -0.15) is 0 Å². The first kappa shape index (κ1) is 11.6. The fourth-order valence-electron chi connectivity index (χ4n) is 1.83. The summed E-state index contributed by atoms with van der Waals surface area (Å²) in [7, 11) is 0. The van der Waals surface area contributed by atoms with Gasteiger partial charge >= 0.3 is 0 Å². The zero-order valence-corrected chi connectivity index (χ0v) is 9.77. The second kappa shape index (κ2) is 4.95. The molecule has 1 heterocycles. The van der Waals surface area contributed by atoms with Crippen molar-refractivity contribution in [3.8, 4) is 0 Å². The lowest BCUT2D eigenvalue weighted by atomic mass is 10.0. The van der Waals surface area contributed by atoms with Crippen molar-refractivity contribution in [1.29, 1.82) is 0 Å². The first-order valence-electron chi connectivity index (χ1n) is 5.61. The minimum atomic E-state index is -0.541. The summed E-state index contributed by atoms with van der Waals surface area (Å²) >= 11 is 0. The van der Waals surface area contributed by atoms with Crippen molar-refractivity contribution in [2.75, 3.05) is 19.8 Å². The highest BCUT2D eigenvalue weighted by molar-refractivity contribution is 5.31. The van der Waals surface area contributed by atoms with Gasteiger partial charge in [-0.05, 0) is 25.0 Å². The zero-order chi connectivity index (χ0) is 11.5. The number of benzene rings is 1. The third kappa shape index (κ3) is 2.61. The molecule has 1 saturated heterocycles. The van der Waals surface area contributed by atoms with Crippen molar-refractivity contribution in [3.63, 3.8) is 0 Å². The van der Waals surface area contributed by atoms with Crippen LogP contribution in [-0.4, -0.2) is 31.0 Å². The van der Waals surface area contributed by atoms with E-state index in [1.807, 2.05) is 26.0 Å². The first-order chi connectivity index (χ1) is 7.66. The fourth-order valence-corrected chi connectivity index (χ4v) is 1.83. The SMILES string of the molecule is Cc1ccc(C(O)COC2COC2)c(C)c1. The van der Waals surface area contributed by atoms with E-state index in [4.69, 9.17) is 9.47 Å². The molecule has 1 aromatic carbocycles. The number of aliphatic hydroxyl groups is 1. The molecule has 2 rings (SSSR count). The molecule has 1 atom stereocenters. The number of aliphatic hydroxyl groups excluding tert-OH is 1. The molecule has 3 heteroatoms. The third-order valence-electron chi connectivity index (χ3n) is 2.88. The van der Waals surface area contributed by atoms with Gasteiger partial charge in [0.2, 0.25) is 0 Å². The van der Waals surface area contributed by atoms with Crippen LogP contribution in [0.25, 0.3) is 0 Å². The van der Waals surface area contributed by atoms with Crippen LogP contribution in [0.15, 0.2) is 18.2 Å². The molecule has 1 unspecified atom stereocenters. The lowest BCUT2D eigenvalue weighted by molar-refractivity contribution is -0.143. The Hall–Kier alpha value is -0.900. The highest BCUT2D eigenvalue weighted by Crippen LogP contribution is 2.20. The van der Waals surface area contributed by atoms with Crippen LogP contribution < -0.4 is 0 Å². The summed E-state index contributed by atoms with van der Waals surface area (Å²) in [5.74, 6) is 0. The van der Waals surface area contributed by atoms with Gasteiger partial charge in [0.1, 0.15) is 12.2 Å². The molecule has 3 nitrogen and oxygen atoms in total. The van der Waals surface area contributed by atoms with Crippen molar-refractivity contribution in [3.05, 3.63) is 34.9 Å². The van der Waals surface area contributed by atoms with Crippen LogP contribution in [0.3, 0.4) is 0 Å². The number of hydrogen-bond donors (Lipinski definition) is 1. The van der Waals surface area contributed by atoms with Gasteiger partial charge in [0.15, 0.2) is 0 Å². The lowest BCUT2D eigenvalue weighted by Gasteiger charge is -2.27. The van der Waals surface area contributed by atoms with Gasteiger partial charge in [-0.1, -0.05) is 23.8 Å². The molecule has 0 aliphatic carbocycles. The molecule has 0 spiro atoms. The third-order valence-corrected chi connectivity index (χ3v) is 2.88. The molecule has 0 bridgehead atoms. The van der Waals surface area contributed by atoms with E-state index >= 15 is 0 Å². The van der Waals surface area contributed by atoms with E-state index < -0.39 is 6.10 Å². The Balaban J connectivity index is 1.93. The minimum Gasteiger partial charge on any atom is -0.386 e. The molecule has 0 amide bonds. The van der Waals surface area contributed by atoms with Crippen LogP contribution in [0.2, 0.25) is 0 Å². The van der Waals surface area contributed by atoms with Gasteiger partial charge in [0, 0.05) is 0 Å². The maximum absolute atomic E-state index is 9.99. The molecule has 1 fully saturated rings. The van der Waals surface area contributed by atoms with Crippen LogP contribution >= 0.6 is 0 Å². The zero-order valence-electron chi connectivity index (χ0n) is 9.77. The molecular weight excluding hydrogens is 204 g/mol. The molecule has 0 radical (unpaired) electrons. The quantitative estimate of drug-likeness (QED) is 0.843. The molecule has 16 heavy (non-hydrogen) atoms. The topological polar surface area (TPSA) is 38.7 Å². The van der Waals surface area contributed by atoms with E-state index in [0.29, 0.717) is 19.8 Å². The van der Waals surface area contributed by atoms with E-state index in [2.05, 4.69) is 6.07 Å². The summed E-state index contributed by atoms with van der Waals surface area (Å²) in [6.07, 6.45) is -0.374. The monoisotopic (exact) mass is 222 g/mol. The maximum atomic E-state index is 9.99. The van der Waals surface area contributed by atoms with Gasteiger partial charge in [-0.15, -0.1) is 0 Å². The van der Waals surface area contributed by atoms with Crippen LogP contribution in [0.4, 0.5) is 0 Å². The van der Waals surface area contributed by atoms with Crippen molar-refractivity contribution < 1.29 is 14.6 Å². The molecular formula is C13H18O3. The van der Waals surface area contributed by atoms with Crippen LogP contribution in [0, 0.1) is 13.8 Å². The predicted octanol–water partition coefficient (Wildman–Crippen LogP) is 1.75. The molecule has 0 saturated carbocycles. The largest absolute Gasteiger partial charge is 0.386 e. The smallest absolute Gasteiger partial charge is 0.104 e. The van der Waals surface area contributed by atoms with Gasteiger partial charge in [0.25, 0.3) is 0 Å². The van der Waals surface area contributed by atoms with Crippen molar-refractivity contribution in [1.82, 2.24) is 0 Å². The fraction of sp³-hybridized carbons (Fsp3) is 0.538. The number of hydrogen-bond acceptors (Lipinski definition) is 3. The summed E-state index contributed by atoms with van der Waals surface area (Å²) in [5.41, 5.74) is 3.27. The Labute approximate surface area is 96.0 Å². The van der Waals surface area contributed by atoms with E-state index in [9.17, 15) is 5.11 Å². The Bertz CT molecular complexity index is 358. The molecule has 1 aliphatic heterocycles. The standard InChI is InChI=1S/C13H18O3/c1-9-3-4-12(10(2)5-9)13(14)8-16-11-6-15-7-11/h3-5,11,13-14H,6-8H2,1-2H3. The van der Waals surface area contributed by atoms with E-state index in [-0.39, 0.29) is 6.10 Å². The number of rotatable bonds is 4. The second-order valence-corrected chi connectivity index (χ2v) is 4.37. The molecule has 88 valence electrons. The molecule has 1 N–H and O–H groups in total. The van der Waals surface area contributed by atoms with Gasteiger partial charge < -0.3 is 14.6 Å². The highest BCUT2D eigenvalue weighted by Gasteiger charge is 2.21. The first-order valence-corrected chi connectivity index (χ1v) is 5.61. The van der Waals surface area contributed by atoms with E-state index in [1.165, 1.54) is 5.56 Å². The summed E-state index contributed by atoms with van der Waals surface area (Å²) < 4.78 is 10.5. The average molecular weight is 222 g/mol. The Morgan fingerprint density at radius 2 is 2.19 bits per heavy atom. The molecule has 1 aliphatic rings. The van der Waals surface area contributed by atoms with E-state index in [1.54, 1.807) is 0 Å². The maximum Gasteiger partial charge on any atom is 0.104 e. The second-order valence-electron chi connectivity index (χ2n) is 4.37. The van der Waals surface area contributed by atoms with Gasteiger partial charge in [-0.25, -0.2) is 0 Å². The van der Waals surface area contributed by atoms with Crippen LogP contribution in [0.5, 0.6) is 0 Å². The average Bonchev–Trinajstić information content (AvgIpc) is 2.14. The number of ether oxygens (including phenoxy) is 2. The predicted molar refractivity (Wildman–Crippen MR) is 61.4 cm³/mol. The van der Waals surface area contributed by atoms with E-state index in [0.717, 1.165) is 11.1 Å². The summed E-state index contributed by atoms with van der Waals surface area (Å²) in [4.78, 5) is 0. The summed E-state index contributed by atoms with van der Waals surface area (Å²) in [6.45, 7) is 5.71. The van der Waals surface area contributed by atoms with Crippen molar-refractivity contribution >= 4 is 0 Å².